The molecule has 11 heteroatoms. The van der Waals surface area contributed by atoms with Crippen molar-refractivity contribution >= 4 is 17.3 Å². The number of methoxy groups -OCH3 is 2. The second kappa shape index (κ2) is 11.3. The van der Waals surface area contributed by atoms with Gasteiger partial charge in [-0.15, -0.1) is 0 Å². The van der Waals surface area contributed by atoms with Crippen LogP contribution in [-0.2, 0) is 6.73 Å². The molecule has 3 aromatic carbocycles. The summed E-state index contributed by atoms with van der Waals surface area (Å²) in [6, 6.07) is 16.4. The van der Waals surface area contributed by atoms with Crippen molar-refractivity contribution in [3.8, 4) is 28.7 Å². The van der Waals surface area contributed by atoms with E-state index in [0.29, 0.717) is 23.0 Å². The summed E-state index contributed by atoms with van der Waals surface area (Å²) >= 11 is 0. The number of amides is 1. The van der Waals surface area contributed by atoms with Gasteiger partial charge in [-0.3, -0.25) is 14.9 Å². The van der Waals surface area contributed by atoms with Gasteiger partial charge in [0.1, 0.15) is 11.5 Å². The highest BCUT2D eigenvalue weighted by Crippen LogP contribution is 2.37. The van der Waals surface area contributed by atoms with Crippen LogP contribution in [-0.4, -0.2) is 34.8 Å². The van der Waals surface area contributed by atoms with Gasteiger partial charge in [-0.25, -0.2) is 4.68 Å². The first-order valence-electron chi connectivity index (χ1n) is 11.5. The summed E-state index contributed by atoms with van der Waals surface area (Å²) < 4.78 is 23.7. The molecule has 0 radical (unpaired) electrons. The van der Waals surface area contributed by atoms with Crippen LogP contribution < -0.4 is 24.3 Å². The number of nitro benzene ring substituents is 1. The number of non-ortho nitro benzene ring substituents is 1. The SMILES string of the molecule is COc1cccc(OC)c1OCn1ccc(C(=O)Nc2cc(Oc3cc(C)cc(C)c3)cc([N+](=O)[O-])c2)n1. The lowest BCUT2D eigenvalue weighted by molar-refractivity contribution is -0.384. The van der Waals surface area contributed by atoms with Crippen LogP contribution in [0.4, 0.5) is 11.4 Å². The molecule has 1 heterocycles. The standard InChI is InChI=1S/C27H26N4O7/c1-17-10-18(2)12-21(11-17)38-22-14-19(13-20(15-22)31(33)34)28-27(32)23-8-9-30(29-23)16-37-26-24(35-3)6-5-7-25(26)36-4/h5-15H,16H2,1-4H3,(H,28,32). The van der Waals surface area contributed by atoms with Gasteiger partial charge < -0.3 is 24.3 Å². The van der Waals surface area contributed by atoms with Gasteiger partial charge in [0.2, 0.25) is 5.75 Å². The van der Waals surface area contributed by atoms with Crippen molar-refractivity contribution in [2.75, 3.05) is 19.5 Å². The number of nitrogens with one attached hydrogen (secondary N) is 1. The minimum absolute atomic E-state index is 0.0191. The quantitative estimate of drug-likeness (QED) is 0.215. The van der Waals surface area contributed by atoms with Crippen molar-refractivity contribution in [3.63, 3.8) is 0 Å². The summed E-state index contributed by atoms with van der Waals surface area (Å²) in [6.45, 7) is 3.83. The molecule has 4 aromatic rings. The van der Waals surface area contributed by atoms with E-state index >= 15 is 0 Å². The minimum Gasteiger partial charge on any atom is -0.493 e. The molecule has 1 aromatic heterocycles. The monoisotopic (exact) mass is 518 g/mol. The van der Waals surface area contributed by atoms with E-state index in [2.05, 4.69) is 10.4 Å². The lowest BCUT2D eigenvalue weighted by Crippen LogP contribution is -2.14. The van der Waals surface area contributed by atoms with Gasteiger partial charge >= 0.3 is 0 Å². The van der Waals surface area contributed by atoms with E-state index in [9.17, 15) is 14.9 Å². The van der Waals surface area contributed by atoms with Crippen LogP contribution in [0.2, 0.25) is 0 Å². The average Bonchev–Trinajstić information content (AvgIpc) is 3.35. The molecule has 0 unspecified atom stereocenters. The summed E-state index contributed by atoms with van der Waals surface area (Å²) in [4.78, 5) is 23.8. The fourth-order valence-corrected chi connectivity index (χ4v) is 3.79. The molecular formula is C27H26N4O7. The number of rotatable bonds is 10. The number of aryl methyl sites for hydroxylation is 2. The Morgan fingerprint density at radius 1 is 0.974 bits per heavy atom. The molecule has 0 aliphatic carbocycles. The first-order valence-corrected chi connectivity index (χ1v) is 11.5. The number of carbonyl (C=O) groups is 1. The maximum atomic E-state index is 12.9. The Hall–Kier alpha value is -5.06. The molecule has 0 spiro atoms. The van der Waals surface area contributed by atoms with Crippen molar-refractivity contribution in [3.05, 3.63) is 93.8 Å². The summed E-state index contributed by atoms with van der Waals surface area (Å²) in [7, 11) is 3.04. The predicted molar refractivity (Wildman–Crippen MR) is 139 cm³/mol. The number of hydrogen-bond acceptors (Lipinski definition) is 8. The molecule has 38 heavy (non-hydrogen) atoms. The molecule has 11 nitrogen and oxygen atoms in total. The van der Waals surface area contributed by atoms with E-state index in [-0.39, 0.29) is 29.5 Å². The lowest BCUT2D eigenvalue weighted by Gasteiger charge is -2.13. The van der Waals surface area contributed by atoms with Gasteiger partial charge in [0.25, 0.3) is 11.6 Å². The van der Waals surface area contributed by atoms with Crippen LogP contribution in [0.5, 0.6) is 28.7 Å². The summed E-state index contributed by atoms with van der Waals surface area (Å²) in [6.07, 6.45) is 1.57. The molecule has 0 saturated heterocycles. The number of hydrogen-bond donors (Lipinski definition) is 1. The Labute approximate surface area is 218 Å². The highest BCUT2D eigenvalue weighted by molar-refractivity contribution is 6.03. The molecule has 0 bridgehead atoms. The fraction of sp³-hybridized carbons (Fsp3) is 0.185. The summed E-state index contributed by atoms with van der Waals surface area (Å²) in [5, 5.41) is 18.4. The van der Waals surface area contributed by atoms with Gasteiger partial charge in [-0.1, -0.05) is 12.1 Å². The number of ether oxygens (including phenoxy) is 4. The molecular weight excluding hydrogens is 492 g/mol. The van der Waals surface area contributed by atoms with Crippen LogP contribution >= 0.6 is 0 Å². The number of carbonyl (C=O) groups excluding carboxylic acids is 1. The molecule has 0 aliphatic heterocycles. The number of nitrogens with zero attached hydrogens (tertiary/aromatic N) is 3. The zero-order valence-electron chi connectivity index (χ0n) is 21.3. The van der Waals surface area contributed by atoms with E-state index in [1.165, 1.54) is 43.2 Å². The van der Waals surface area contributed by atoms with E-state index in [4.69, 9.17) is 18.9 Å². The molecule has 0 fully saturated rings. The largest absolute Gasteiger partial charge is 0.493 e. The third-order valence-electron chi connectivity index (χ3n) is 5.39. The second-order valence-corrected chi connectivity index (χ2v) is 8.36. The number of aromatic nitrogens is 2. The average molecular weight is 519 g/mol. The van der Waals surface area contributed by atoms with E-state index < -0.39 is 10.8 Å². The number of benzene rings is 3. The van der Waals surface area contributed by atoms with Crippen LogP contribution in [0, 0.1) is 24.0 Å². The lowest BCUT2D eigenvalue weighted by atomic mass is 10.1. The summed E-state index contributed by atoms with van der Waals surface area (Å²) in [5.41, 5.74) is 2.02. The van der Waals surface area contributed by atoms with Crippen molar-refractivity contribution in [2.45, 2.75) is 20.6 Å². The maximum absolute atomic E-state index is 12.9. The van der Waals surface area contributed by atoms with Gasteiger partial charge in [0.15, 0.2) is 23.9 Å². The van der Waals surface area contributed by atoms with Crippen molar-refractivity contribution < 1.29 is 28.7 Å². The van der Waals surface area contributed by atoms with E-state index in [1.54, 1.807) is 24.4 Å². The van der Waals surface area contributed by atoms with Crippen molar-refractivity contribution in [1.82, 2.24) is 9.78 Å². The molecule has 1 N–H and O–H groups in total. The number of anilines is 1. The first kappa shape index (κ1) is 26.0. The van der Waals surface area contributed by atoms with Crippen LogP contribution in [0.15, 0.2) is 66.9 Å². The first-order chi connectivity index (χ1) is 18.2. The summed E-state index contributed by atoms with van der Waals surface area (Å²) in [5.74, 6) is 1.55. The van der Waals surface area contributed by atoms with Crippen molar-refractivity contribution in [1.29, 1.82) is 0 Å². The van der Waals surface area contributed by atoms with E-state index in [0.717, 1.165) is 11.1 Å². The minimum atomic E-state index is -0.559. The highest BCUT2D eigenvalue weighted by atomic mass is 16.6. The Kier molecular flexibility index (Phi) is 7.76. The smallest absolute Gasteiger partial charge is 0.276 e. The topological polar surface area (TPSA) is 127 Å². The maximum Gasteiger partial charge on any atom is 0.276 e. The van der Waals surface area contributed by atoms with Gasteiger partial charge in [-0.2, -0.15) is 5.10 Å². The molecule has 0 saturated carbocycles. The van der Waals surface area contributed by atoms with Crippen LogP contribution in [0.25, 0.3) is 0 Å². The Balaban J connectivity index is 1.49. The van der Waals surface area contributed by atoms with Crippen molar-refractivity contribution in [2.24, 2.45) is 0 Å². The van der Waals surface area contributed by atoms with Gasteiger partial charge in [-0.05, 0) is 55.3 Å². The molecule has 0 atom stereocenters. The number of para-hydroxylation sites is 1. The number of nitro groups is 1. The Morgan fingerprint density at radius 2 is 1.63 bits per heavy atom. The zero-order valence-corrected chi connectivity index (χ0v) is 21.3. The van der Waals surface area contributed by atoms with Gasteiger partial charge in [0, 0.05) is 18.3 Å². The molecule has 4 rings (SSSR count). The van der Waals surface area contributed by atoms with Crippen LogP contribution in [0.3, 0.4) is 0 Å². The third kappa shape index (κ3) is 6.19. The fourth-order valence-electron chi connectivity index (χ4n) is 3.79. The Bertz CT molecular complexity index is 1440. The molecule has 0 aliphatic rings. The second-order valence-electron chi connectivity index (χ2n) is 8.36. The van der Waals surface area contributed by atoms with Crippen LogP contribution in [0.1, 0.15) is 21.6 Å². The van der Waals surface area contributed by atoms with Gasteiger partial charge in [0.05, 0.1) is 30.9 Å². The van der Waals surface area contributed by atoms with E-state index in [1.807, 2.05) is 32.0 Å². The zero-order chi connectivity index (χ0) is 27.2. The molecule has 1 amide bonds. The normalized spacial score (nSPS) is 10.5. The Morgan fingerprint density at radius 3 is 2.26 bits per heavy atom. The third-order valence-corrected chi connectivity index (χ3v) is 5.39. The molecule has 196 valence electrons. The predicted octanol–water partition coefficient (Wildman–Crippen LogP) is 5.51. The highest BCUT2D eigenvalue weighted by Gasteiger charge is 2.17.